The summed E-state index contributed by atoms with van der Waals surface area (Å²) in [6.45, 7) is 4.75. The Kier molecular flexibility index (Phi) is 4.83. The third-order valence-corrected chi connectivity index (χ3v) is 6.64. The molecule has 2 saturated heterocycles. The van der Waals surface area contributed by atoms with E-state index in [1.807, 2.05) is 4.90 Å². The molecule has 2 rings (SSSR count). The lowest BCUT2D eigenvalue weighted by Gasteiger charge is -2.39. The van der Waals surface area contributed by atoms with E-state index in [0.717, 1.165) is 4.90 Å². The van der Waals surface area contributed by atoms with E-state index < -0.39 is 20.6 Å². The number of guanidine groups is 1. The molecule has 0 saturated carbocycles. The van der Waals surface area contributed by atoms with E-state index in [1.165, 1.54) is 0 Å². The lowest BCUT2D eigenvalue weighted by molar-refractivity contribution is -0.124. The number of urea groups is 1. The number of nitrogens with one attached hydrogen (secondary N) is 2. The molecule has 130 valence electrons. The molecule has 0 aliphatic carbocycles. The maximum Gasteiger partial charge on any atom is 0.324 e. The van der Waals surface area contributed by atoms with E-state index in [0.29, 0.717) is 25.6 Å². The maximum atomic E-state index is 12.0. The first kappa shape index (κ1) is 17.5. The standard InChI is InChI=1S/C13H23N5O4S/c1-13(2)9-17(6-7-23(13,21)22)11(14-3)15-4-5-18-10(19)8-16-12(18)20/h4-9H2,1-3H3,(H,14,15)(H,16,20). The predicted molar refractivity (Wildman–Crippen MR) is 85.9 cm³/mol. The van der Waals surface area contributed by atoms with Crippen LogP contribution in [0.3, 0.4) is 0 Å². The van der Waals surface area contributed by atoms with Crippen LogP contribution in [-0.2, 0) is 14.6 Å². The van der Waals surface area contributed by atoms with Gasteiger partial charge in [0.25, 0.3) is 0 Å². The number of carbonyl (C=O) groups excluding carboxylic acids is 2. The minimum atomic E-state index is -3.11. The fourth-order valence-corrected chi connectivity index (χ4v) is 3.98. The Balaban J connectivity index is 1.91. The Morgan fingerprint density at radius 2 is 2.09 bits per heavy atom. The van der Waals surface area contributed by atoms with Gasteiger partial charge in [0.15, 0.2) is 15.8 Å². The molecule has 2 aliphatic rings. The monoisotopic (exact) mass is 345 g/mol. The highest BCUT2D eigenvalue weighted by Crippen LogP contribution is 2.23. The quantitative estimate of drug-likeness (QED) is 0.371. The molecule has 0 aromatic rings. The number of carbonyl (C=O) groups is 2. The average molecular weight is 345 g/mol. The molecule has 10 heteroatoms. The number of amides is 3. The molecule has 0 radical (unpaired) electrons. The van der Waals surface area contributed by atoms with Gasteiger partial charge in [-0.2, -0.15) is 0 Å². The van der Waals surface area contributed by atoms with Gasteiger partial charge in [0.05, 0.1) is 17.0 Å². The van der Waals surface area contributed by atoms with Crippen LogP contribution in [0.4, 0.5) is 4.79 Å². The van der Waals surface area contributed by atoms with E-state index >= 15 is 0 Å². The number of hydrogen-bond donors (Lipinski definition) is 2. The van der Waals surface area contributed by atoms with Crippen LogP contribution in [0.15, 0.2) is 4.99 Å². The Morgan fingerprint density at radius 1 is 1.39 bits per heavy atom. The summed E-state index contributed by atoms with van der Waals surface area (Å²) in [7, 11) is -1.50. The topological polar surface area (TPSA) is 111 Å². The molecular weight excluding hydrogens is 322 g/mol. The van der Waals surface area contributed by atoms with Gasteiger partial charge in [0, 0.05) is 33.2 Å². The highest BCUT2D eigenvalue weighted by Gasteiger charge is 2.41. The van der Waals surface area contributed by atoms with Gasteiger partial charge < -0.3 is 15.5 Å². The van der Waals surface area contributed by atoms with Crippen molar-refractivity contribution in [1.29, 1.82) is 0 Å². The van der Waals surface area contributed by atoms with Crippen molar-refractivity contribution in [3.63, 3.8) is 0 Å². The first-order valence-corrected chi connectivity index (χ1v) is 9.09. The summed E-state index contributed by atoms with van der Waals surface area (Å²) in [5, 5.41) is 5.54. The molecular formula is C13H23N5O4S. The van der Waals surface area contributed by atoms with Gasteiger partial charge >= 0.3 is 6.03 Å². The van der Waals surface area contributed by atoms with Crippen molar-refractivity contribution in [2.45, 2.75) is 18.6 Å². The highest BCUT2D eigenvalue weighted by molar-refractivity contribution is 7.92. The molecule has 23 heavy (non-hydrogen) atoms. The van der Waals surface area contributed by atoms with Crippen molar-refractivity contribution < 1.29 is 18.0 Å². The van der Waals surface area contributed by atoms with Gasteiger partial charge in [0.1, 0.15) is 0 Å². The van der Waals surface area contributed by atoms with Crippen molar-refractivity contribution in [2.75, 3.05) is 45.5 Å². The van der Waals surface area contributed by atoms with Gasteiger partial charge in [0.2, 0.25) is 5.91 Å². The van der Waals surface area contributed by atoms with E-state index in [4.69, 9.17) is 0 Å². The lowest BCUT2D eigenvalue weighted by atomic mass is 10.2. The molecule has 0 spiro atoms. The normalized spacial score (nSPS) is 23.9. The van der Waals surface area contributed by atoms with E-state index in [-0.39, 0.29) is 24.7 Å². The Labute approximate surface area is 136 Å². The second-order valence-corrected chi connectivity index (χ2v) is 8.92. The summed E-state index contributed by atoms with van der Waals surface area (Å²) >= 11 is 0. The Morgan fingerprint density at radius 3 is 2.61 bits per heavy atom. The summed E-state index contributed by atoms with van der Waals surface area (Å²) in [6, 6.07) is -0.392. The van der Waals surface area contributed by atoms with Gasteiger partial charge in [-0.15, -0.1) is 0 Å². The van der Waals surface area contributed by atoms with Crippen molar-refractivity contribution in [1.82, 2.24) is 20.4 Å². The van der Waals surface area contributed by atoms with Crippen molar-refractivity contribution in [3.8, 4) is 0 Å². The molecule has 2 aliphatic heterocycles. The summed E-state index contributed by atoms with van der Waals surface area (Å²) < 4.78 is 23.2. The second-order valence-electron chi connectivity index (χ2n) is 6.18. The van der Waals surface area contributed by atoms with Crippen LogP contribution in [0.1, 0.15) is 13.8 Å². The van der Waals surface area contributed by atoms with Crippen molar-refractivity contribution in [2.24, 2.45) is 4.99 Å². The highest BCUT2D eigenvalue weighted by atomic mass is 32.2. The number of imide groups is 1. The van der Waals surface area contributed by atoms with Crippen LogP contribution in [0.2, 0.25) is 0 Å². The largest absolute Gasteiger partial charge is 0.354 e. The Bertz CT molecular complexity index is 612. The number of rotatable bonds is 3. The average Bonchev–Trinajstić information content (AvgIpc) is 2.78. The number of sulfone groups is 1. The minimum Gasteiger partial charge on any atom is -0.354 e. The predicted octanol–water partition coefficient (Wildman–Crippen LogP) is -1.38. The van der Waals surface area contributed by atoms with Crippen LogP contribution in [-0.4, -0.2) is 86.4 Å². The van der Waals surface area contributed by atoms with Crippen molar-refractivity contribution >= 4 is 27.7 Å². The molecule has 2 heterocycles. The Hall–Kier alpha value is -1.84. The molecule has 9 nitrogen and oxygen atoms in total. The third kappa shape index (κ3) is 3.57. The first-order chi connectivity index (χ1) is 10.7. The van der Waals surface area contributed by atoms with E-state index in [1.54, 1.807) is 20.9 Å². The zero-order chi connectivity index (χ0) is 17.3. The SMILES string of the molecule is CN=C(NCCN1C(=O)CNC1=O)N1CCS(=O)(=O)C(C)(C)C1. The van der Waals surface area contributed by atoms with Crippen LogP contribution < -0.4 is 10.6 Å². The van der Waals surface area contributed by atoms with Gasteiger partial charge in [-0.3, -0.25) is 14.7 Å². The maximum absolute atomic E-state index is 12.0. The minimum absolute atomic E-state index is 0.0335. The number of aliphatic imine (C=N–C) groups is 1. The zero-order valence-corrected chi connectivity index (χ0v) is 14.4. The molecule has 0 atom stereocenters. The molecule has 0 bridgehead atoms. The molecule has 3 amide bonds. The molecule has 2 fully saturated rings. The molecule has 2 N–H and O–H groups in total. The number of hydrogen-bond acceptors (Lipinski definition) is 5. The molecule has 0 aromatic heterocycles. The van der Waals surface area contributed by atoms with Crippen LogP contribution in [0.5, 0.6) is 0 Å². The summed E-state index contributed by atoms with van der Waals surface area (Å²) in [5.41, 5.74) is 0. The first-order valence-electron chi connectivity index (χ1n) is 7.44. The van der Waals surface area contributed by atoms with Crippen LogP contribution >= 0.6 is 0 Å². The van der Waals surface area contributed by atoms with E-state index in [9.17, 15) is 18.0 Å². The summed E-state index contributed by atoms with van der Waals surface area (Å²) in [5.74, 6) is 0.394. The second kappa shape index (κ2) is 6.34. The van der Waals surface area contributed by atoms with Crippen molar-refractivity contribution in [3.05, 3.63) is 0 Å². The van der Waals surface area contributed by atoms with Gasteiger partial charge in [-0.1, -0.05) is 0 Å². The van der Waals surface area contributed by atoms with Crippen LogP contribution in [0.25, 0.3) is 0 Å². The smallest absolute Gasteiger partial charge is 0.324 e. The van der Waals surface area contributed by atoms with Crippen LogP contribution in [0, 0.1) is 0 Å². The third-order valence-electron chi connectivity index (χ3n) is 4.11. The summed E-state index contributed by atoms with van der Waals surface area (Å²) in [6.07, 6.45) is 0. The molecule has 0 unspecified atom stereocenters. The fraction of sp³-hybridized carbons (Fsp3) is 0.769. The van der Waals surface area contributed by atoms with Gasteiger partial charge in [-0.25, -0.2) is 13.2 Å². The molecule has 0 aromatic carbocycles. The fourth-order valence-electron chi connectivity index (χ4n) is 2.62. The zero-order valence-electron chi connectivity index (χ0n) is 13.6. The number of nitrogens with zero attached hydrogens (tertiary/aromatic N) is 3. The van der Waals surface area contributed by atoms with E-state index in [2.05, 4.69) is 15.6 Å². The van der Waals surface area contributed by atoms with Gasteiger partial charge in [-0.05, 0) is 13.8 Å². The lowest BCUT2D eigenvalue weighted by Crippen LogP contribution is -2.57. The summed E-state index contributed by atoms with van der Waals surface area (Å²) in [4.78, 5) is 30.1.